The summed E-state index contributed by atoms with van der Waals surface area (Å²) in [5.74, 6) is -1.14. The standard InChI is InChI=1S/C16H14N2O4/c19-14-7-3-11(4-8-14)9-15(20)18-17-10-12-1-5-13(6-2-12)16(21)22/h1-8,10,19H,9H2,(H,18,20)(H,21,22). The van der Waals surface area contributed by atoms with Crippen molar-refractivity contribution in [2.24, 2.45) is 5.10 Å². The van der Waals surface area contributed by atoms with Crippen molar-refractivity contribution >= 4 is 18.1 Å². The molecule has 3 N–H and O–H groups in total. The number of aromatic hydroxyl groups is 1. The van der Waals surface area contributed by atoms with Crippen molar-refractivity contribution in [1.29, 1.82) is 0 Å². The van der Waals surface area contributed by atoms with Crippen LogP contribution in [0.25, 0.3) is 0 Å². The monoisotopic (exact) mass is 298 g/mol. The van der Waals surface area contributed by atoms with Crippen molar-refractivity contribution in [2.45, 2.75) is 6.42 Å². The van der Waals surface area contributed by atoms with Crippen LogP contribution in [-0.4, -0.2) is 28.3 Å². The van der Waals surface area contributed by atoms with Crippen LogP contribution in [0, 0.1) is 0 Å². The maximum absolute atomic E-state index is 11.7. The Labute approximate surface area is 126 Å². The van der Waals surface area contributed by atoms with Gasteiger partial charge in [0.15, 0.2) is 0 Å². The predicted molar refractivity (Wildman–Crippen MR) is 80.9 cm³/mol. The lowest BCUT2D eigenvalue weighted by Crippen LogP contribution is -2.19. The molecule has 0 saturated heterocycles. The Hall–Kier alpha value is -3.15. The summed E-state index contributed by atoms with van der Waals surface area (Å²) in [4.78, 5) is 22.4. The molecule has 0 heterocycles. The Kier molecular flexibility index (Phi) is 4.87. The largest absolute Gasteiger partial charge is 0.508 e. The molecular formula is C16H14N2O4. The van der Waals surface area contributed by atoms with Crippen LogP contribution in [0.15, 0.2) is 53.6 Å². The molecule has 1 amide bonds. The second-order valence-corrected chi connectivity index (χ2v) is 4.56. The predicted octanol–water partition coefficient (Wildman–Crippen LogP) is 1.78. The number of nitrogens with one attached hydrogen (secondary N) is 1. The van der Waals surface area contributed by atoms with Gasteiger partial charge in [0.25, 0.3) is 0 Å². The lowest BCUT2D eigenvalue weighted by Gasteiger charge is -2.01. The van der Waals surface area contributed by atoms with Crippen LogP contribution in [-0.2, 0) is 11.2 Å². The van der Waals surface area contributed by atoms with Gasteiger partial charge in [-0.2, -0.15) is 5.10 Å². The maximum atomic E-state index is 11.7. The first-order valence-corrected chi connectivity index (χ1v) is 6.48. The van der Waals surface area contributed by atoms with Gasteiger partial charge in [-0.15, -0.1) is 0 Å². The summed E-state index contributed by atoms with van der Waals surface area (Å²) in [6, 6.07) is 12.4. The molecular weight excluding hydrogens is 284 g/mol. The molecule has 0 fully saturated rings. The summed E-state index contributed by atoms with van der Waals surface area (Å²) < 4.78 is 0. The third kappa shape index (κ3) is 4.45. The number of hydrogen-bond acceptors (Lipinski definition) is 4. The van der Waals surface area contributed by atoms with Crippen LogP contribution in [0.5, 0.6) is 5.75 Å². The average molecular weight is 298 g/mol. The highest BCUT2D eigenvalue weighted by molar-refractivity contribution is 5.89. The molecule has 2 rings (SSSR count). The number of amides is 1. The maximum Gasteiger partial charge on any atom is 0.335 e. The zero-order chi connectivity index (χ0) is 15.9. The van der Waals surface area contributed by atoms with Gasteiger partial charge in [-0.1, -0.05) is 24.3 Å². The molecule has 2 aromatic carbocycles. The third-order valence-electron chi connectivity index (χ3n) is 2.86. The summed E-state index contributed by atoms with van der Waals surface area (Å²) in [5, 5.41) is 21.7. The molecule has 6 nitrogen and oxygen atoms in total. The van der Waals surface area contributed by atoms with Crippen molar-refractivity contribution in [1.82, 2.24) is 5.43 Å². The minimum atomic E-state index is -0.995. The number of rotatable bonds is 5. The zero-order valence-electron chi connectivity index (χ0n) is 11.6. The van der Waals surface area contributed by atoms with E-state index in [0.717, 1.165) is 5.56 Å². The number of aromatic carboxylic acids is 1. The molecule has 22 heavy (non-hydrogen) atoms. The van der Waals surface area contributed by atoms with Crippen LogP contribution in [0.2, 0.25) is 0 Å². The number of phenolic OH excluding ortho intramolecular Hbond substituents is 1. The highest BCUT2D eigenvalue weighted by Gasteiger charge is 2.02. The fraction of sp³-hybridized carbons (Fsp3) is 0.0625. The van der Waals surface area contributed by atoms with E-state index in [9.17, 15) is 9.59 Å². The van der Waals surface area contributed by atoms with Crippen molar-refractivity contribution < 1.29 is 19.8 Å². The van der Waals surface area contributed by atoms with E-state index < -0.39 is 5.97 Å². The van der Waals surface area contributed by atoms with E-state index in [1.807, 2.05) is 0 Å². The zero-order valence-corrected chi connectivity index (χ0v) is 11.6. The van der Waals surface area contributed by atoms with Crippen LogP contribution in [0.1, 0.15) is 21.5 Å². The number of carbonyl (C=O) groups is 2. The molecule has 2 aromatic rings. The smallest absolute Gasteiger partial charge is 0.335 e. The van der Waals surface area contributed by atoms with Gasteiger partial charge in [-0.05, 0) is 35.4 Å². The molecule has 0 radical (unpaired) electrons. The normalized spacial score (nSPS) is 10.5. The van der Waals surface area contributed by atoms with Gasteiger partial charge in [-0.3, -0.25) is 4.79 Å². The average Bonchev–Trinajstić information content (AvgIpc) is 2.50. The van der Waals surface area contributed by atoms with Crippen molar-refractivity contribution in [2.75, 3.05) is 0 Å². The molecule has 0 spiro atoms. The molecule has 0 aliphatic heterocycles. The molecule has 0 aliphatic rings. The summed E-state index contributed by atoms with van der Waals surface area (Å²) >= 11 is 0. The number of phenols is 1. The van der Waals surface area contributed by atoms with Crippen LogP contribution in [0.3, 0.4) is 0 Å². The van der Waals surface area contributed by atoms with Crippen LogP contribution < -0.4 is 5.43 Å². The van der Waals surface area contributed by atoms with Crippen molar-refractivity contribution in [3.8, 4) is 5.75 Å². The van der Waals surface area contributed by atoms with Gasteiger partial charge in [0.2, 0.25) is 5.91 Å². The summed E-state index contributed by atoms with van der Waals surface area (Å²) in [6.07, 6.45) is 1.58. The topological polar surface area (TPSA) is 99.0 Å². The van der Waals surface area contributed by atoms with Gasteiger partial charge in [0.05, 0.1) is 18.2 Å². The van der Waals surface area contributed by atoms with E-state index >= 15 is 0 Å². The van der Waals surface area contributed by atoms with Crippen LogP contribution >= 0.6 is 0 Å². The lowest BCUT2D eigenvalue weighted by atomic mass is 10.1. The molecule has 0 saturated carbocycles. The first-order valence-electron chi connectivity index (χ1n) is 6.48. The molecule has 0 bridgehead atoms. The van der Waals surface area contributed by atoms with E-state index in [4.69, 9.17) is 10.2 Å². The molecule has 112 valence electrons. The fourth-order valence-corrected chi connectivity index (χ4v) is 1.73. The first kappa shape index (κ1) is 15.2. The van der Waals surface area contributed by atoms with E-state index in [2.05, 4.69) is 10.5 Å². The fourth-order valence-electron chi connectivity index (χ4n) is 1.73. The highest BCUT2D eigenvalue weighted by Crippen LogP contribution is 2.09. The molecule has 0 aromatic heterocycles. The molecule has 0 atom stereocenters. The summed E-state index contributed by atoms with van der Waals surface area (Å²) in [6.45, 7) is 0. The third-order valence-corrected chi connectivity index (χ3v) is 2.86. The van der Waals surface area contributed by atoms with E-state index in [-0.39, 0.29) is 23.6 Å². The molecule has 0 unspecified atom stereocenters. The Bertz CT molecular complexity index is 691. The van der Waals surface area contributed by atoms with E-state index in [1.54, 1.807) is 24.3 Å². The Morgan fingerprint density at radius 2 is 1.68 bits per heavy atom. The number of nitrogens with zero attached hydrogens (tertiary/aromatic N) is 1. The van der Waals surface area contributed by atoms with Gasteiger partial charge >= 0.3 is 5.97 Å². The van der Waals surface area contributed by atoms with Gasteiger partial charge < -0.3 is 10.2 Å². The van der Waals surface area contributed by atoms with Gasteiger partial charge in [0.1, 0.15) is 5.75 Å². The number of benzene rings is 2. The van der Waals surface area contributed by atoms with Gasteiger partial charge in [-0.25, -0.2) is 10.2 Å². The minimum Gasteiger partial charge on any atom is -0.508 e. The number of carbonyl (C=O) groups excluding carboxylic acids is 1. The second kappa shape index (κ2) is 7.03. The number of hydrazone groups is 1. The summed E-state index contributed by atoms with van der Waals surface area (Å²) in [5.41, 5.74) is 4.01. The Morgan fingerprint density at radius 3 is 2.27 bits per heavy atom. The SMILES string of the molecule is O=C(Cc1ccc(O)cc1)NN=Cc1ccc(C(=O)O)cc1. The second-order valence-electron chi connectivity index (χ2n) is 4.56. The van der Waals surface area contributed by atoms with Crippen LogP contribution in [0.4, 0.5) is 0 Å². The van der Waals surface area contributed by atoms with E-state index in [0.29, 0.717) is 5.56 Å². The lowest BCUT2D eigenvalue weighted by molar-refractivity contribution is -0.120. The Balaban J connectivity index is 1.87. The molecule has 6 heteroatoms. The number of carboxylic acids is 1. The van der Waals surface area contributed by atoms with Crippen molar-refractivity contribution in [3.05, 3.63) is 65.2 Å². The number of hydrogen-bond donors (Lipinski definition) is 3. The first-order chi connectivity index (χ1) is 10.5. The number of carboxylic acid groups (broad SMARTS) is 1. The summed E-state index contributed by atoms with van der Waals surface area (Å²) in [7, 11) is 0. The van der Waals surface area contributed by atoms with Gasteiger partial charge in [0, 0.05) is 0 Å². The Morgan fingerprint density at radius 1 is 1.05 bits per heavy atom. The highest BCUT2D eigenvalue weighted by atomic mass is 16.4. The molecule has 0 aliphatic carbocycles. The minimum absolute atomic E-state index is 0.145. The quantitative estimate of drug-likeness (QED) is 0.579. The van der Waals surface area contributed by atoms with E-state index in [1.165, 1.54) is 30.5 Å². The van der Waals surface area contributed by atoms with Crippen molar-refractivity contribution in [3.63, 3.8) is 0 Å².